The van der Waals surface area contributed by atoms with Crippen molar-refractivity contribution in [3.8, 4) is 0 Å². The van der Waals surface area contributed by atoms with Gasteiger partial charge in [-0.3, -0.25) is 0 Å². The van der Waals surface area contributed by atoms with Crippen molar-refractivity contribution in [1.82, 2.24) is 15.2 Å². The van der Waals surface area contributed by atoms with Crippen LogP contribution in [0.25, 0.3) is 0 Å². The minimum absolute atomic E-state index is 0.398. The average molecular weight is 241 g/mol. The van der Waals surface area contributed by atoms with Crippen LogP contribution in [-0.4, -0.2) is 15.2 Å². The number of nitrogens with zero attached hydrogens (tertiary/aromatic N) is 3. The smallest absolute Gasteiger partial charge is 0.151 e. The maximum absolute atomic E-state index is 5.63. The van der Waals surface area contributed by atoms with Crippen LogP contribution in [0.15, 0.2) is 17.6 Å². The van der Waals surface area contributed by atoms with Gasteiger partial charge in [-0.05, 0) is 19.1 Å². The first-order valence-corrected chi connectivity index (χ1v) is 5.63. The number of aromatic nitrogens is 3. The second kappa shape index (κ2) is 4.55. The van der Waals surface area contributed by atoms with Gasteiger partial charge in [0, 0.05) is 4.88 Å². The molecule has 0 fully saturated rings. The number of thiazole rings is 1. The normalized spacial score (nSPS) is 10.3. The van der Waals surface area contributed by atoms with E-state index in [4.69, 9.17) is 11.6 Å². The van der Waals surface area contributed by atoms with E-state index in [1.54, 1.807) is 23.5 Å². The van der Waals surface area contributed by atoms with Crippen molar-refractivity contribution < 1.29 is 0 Å². The molecule has 0 saturated heterocycles. The molecule has 2 aromatic rings. The Kier molecular flexibility index (Phi) is 3.13. The summed E-state index contributed by atoms with van der Waals surface area (Å²) in [7, 11) is 0. The van der Waals surface area contributed by atoms with Crippen LogP contribution < -0.4 is 5.32 Å². The van der Waals surface area contributed by atoms with E-state index < -0.39 is 0 Å². The molecule has 0 unspecified atom stereocenters. The Bertz CT molecular complexity index is 440. The topological polar surface area (TPSA) is 50.7 Å². The molecule has 15 heavy (non-hydrogen) atoms. The van der Waals surface area contributed by atoms with Crippen molar-refractivity contribution in [1.29, 1.82) is 0 Å². The minimum atomic E-state index is 0.398. The molecule has 0 aliphatic carbocycles. The third-order valence-electron chi connectivity index (χ3n) is 1.91. The van der Waals surface area contributed by atoms with Gasteiger partial charge in [0.25, 0.3) is 0 Å². The summed E-state index contributed by atoms with van der Waals surface area (Å²) in [6.07, 6.45) is 0. The Morgan fingerprint density at radius 2 is 2.27 bits per heavy atom. The molecule has 1 N–H and O–H groups in total. The number of hydrogen-bond acceptors (Lipinski definition) is 5. The fourth-order valence-corrected chi connectivity index (χ4v) is 1.89. The van der Waals surface area contributed by atoms with E-state index in [2.05, 4.69) is 20.5 Å². The fourth-order valence-electron chi connectivity index (χ4n) is 1.08. The first kappa shape index (κ1) is 10.3. The SMILES string of the molecule is Cc1ncsc1CNc1ccc(Cl)nn1. The number of nitrogens with one attached hydrogen (secondary N) is 1. The summed E-state index contributed by atoms with van der Waals surface area (Å²) >= 11 is 7.25. The van der Waals surface area contributed by atoms with Gasteiger partial charge in [-0.2, -0.15) is 0 Å². The fraction of sp³-hybridized carbons (Fsp3) is 0.222. The van der Waals surface area contributed by atoms with Crippen molar-refractivity contribution in [2.45, 2.75) is 13.5 Å². The van der Waals surface area contributed by atoms with E-state index in [9.17, 15) is 0 Å². The van der Waals surface area contributed by atoms with Crippen molar-refractivity contribution in [2.24, 2.45) is 0 Å². The Balaban J connectivity index is 1.99. The molecule has 2 rings (SSSR count). The predicted molar refractivity (Wildman–Crippen MR) is 61.2 cm³/mol. The van der Waals surface area contributed by atoms with Crippen molar-refractivity contribution in [2.75, 3.05) is 5.32 Å². The van der Waals surface area contributed by atoms with Gasteiger partial charge in [-0.15, -0.1) is 21.5 Å². The van der Waals surface area contributed by atoms with Gasteiger partial charge in [0.2, 0.25) is 0 Å². The molecule has 0 aromatic carbocycles. The highest BCUT2D eigenvalue weighted by molar-refractivity contribution is 7.09. The van der Waals surface area contributed by atoms with E-state index in [1.807, 2.05) is 12.4 Å². The largest absolute Gasteiger partial charge is 0.364 e. The van der Waals surface area contributed by atoms with Gasteiger partial charge in [-0.1, -0.05) is 11.6 Å². The highest BCUT2D eigenvalue weighted by Crippen LogP contribution is 2.14. The lowest BCUT2D eigenvalue weighted by molar-refractivity contribution is 1.00. The van der Waals surface area contributed by atoms with E-state index in [0.29, 0.717) is 17.5 Å². The number of hydrogen-bond donors (Lipinski definition) is 1. The molecular weight excluding hydrogens is 232 g/mol. The number of anilines is 1. The van der Waals surface area contributed by atoms with E-state index in [1.165, 1.54) is 4.88 Å². The van der Waals surface area contributed by atoms with Gasteiger partial charge in [-0.25, -0.2) is 4.98 Å². The van der Waals surface area contributed by atoms with Crippen molar-refractivity contribution >= 4 is 28.8 Å². The van der Waals surface area contributed by atoms with Gasteiger partial charge in [0.05, 0.1) is 17.7 Å². The molecule has 0 aliphatic heterocycles. The lowest BCUT2D eigenvalue weighted by Gasteiger charge is -2.02. The van der Waals surface area contributed by atoms with Crippen molar-refractivity contribution in [3.05, 3.63) is 33.4 Å². The lowest BCUT2D eigenvalue weighted by atomic mass is 10.4. The van der Waals surface area contributed by atoms with Crippen molar-refractivity contribution in [3.63, 3.8) is 0 Å². The molecule has 4 nitrogen and oxygen atoms in total. The van der Waals surface area contributed by atoms with E-state index in [0.717, 1.165) is 5.69 Å². The summed E-state index contributed by atoms with van der Waals surface area (Å²) in [5, 5.41) is 11.2. The molecule has 2 heterocycles. The first-order chi connectivity index (χ1) is 7.25. The number of aryl methyl sites for hydroxylation is 1. The van der Waals surface area contributed by atoms with Crippen LogP contribution >= 0.6 is 22.9 Å². The molecule has 0 atom stereocenters. The lowest BCUT2D eigenvalue weighted by Crippen LogP contribution is -2.01. The minimum Gasteiger partial charge on any atom is -0.364 e. The number of rotatable bonds is 3. The maximum atomic E-state index is 5.63. The van der Waals surface area contributed by atoms with Gasteiger partial charge in [0.1, 0.15) is 5.82 Å². The molecule has 0 saturated carbocycles. The summed E-state index contributed by atoms with van der Waals surface area (Å²) in [6.45, 7) is 2.70. The second-order valence-corrected chi connectivity index (χ2v) is 4.28. The van der Waals surface area contributed by atoms with Gasteiger partial charge < -0.3 is 5.32 Å². The Morgan fingerprint density at radius 1 is 1.40 bits per heavy atom. The molecule has 78 valence electrons. The maximum Gasteiger partial charge on any atom is 0.151 e. The molecule has 0 radical (unpaired) electrons. The highest BCUT2D eigenvalue weighted by atomic mass is 35.5. The average Bonchev–Trinajstić information content (AvgIpc) is 2.63. The zero-order valence-electron chi connectivity index (χ0n) is 8.07. The van der Waals surface area contributed by atoms with Crippen LogP contribution in [0.4, 0.5) is 5.82 Å². The second-order valence-electron chi connectivity index (χ2n) is 2.96. The summed E-state index contributed by atoms with van der Waals surface area (Å²) in [6, 6.07) is 3.50. The van der Waals surface area contributed by atoms with E-state index in [-0.39, 0.29) is 0 Å². The third kappa shape index (κ3) is 2.64. The summed E-state index contributed by atoms with van der Waals surface area (Å²) in [5.74, 6) is 0.715. The van der Waals surface area contributed by atoms with Crippen LogP contribution in [0.5, 0.6) is 0 Å². The quantitative estimate of drug-likeness (QED) is 0.896. The first-order valence-electron chi connectivity index (χ1n) is 4.38. The third-order valence-corrected chi connectivity index (χ3v) is 3.04. The molecule has 2 aromatic heterocycles. The molecule has 0 aliphatic rings. The summed E-state index contributed by atoms with van der Waals surface area (Å²) in [5.41, 5.74) is 2.88. The molecular formula is C9H9ClN4S. The molecule has 0 bridgehead atoms. The summed E-state index contributed by atoms with van der Waals surface area (Å²) in [4.78, 5) is 5.37. The highest BCUT2D eigenvalue weighted by Gasteiger charge is 2.01. The predicted octanol–water partition coefficient (Wildman–Crippen LogP) is 2.51. The van der Waals surface area contributed by atoms with Gasteiger partial charge in [0.15, 0.2) is 5.15 Å². The molecule has 0 spiro atoms. The number of halogens is 1. The molecule has 0 amide bonds. The van der Waals surface area contributed by atoms with Crippen LogP contribution in [0.2, 0.25) is 5.15 Å². The van der Waals surface area contributed by atoms with E-state index >= 15 is 0 Å². The standard InChI is InChI=1S/C9H9ClN4S/c1-6-7(15-5-12-6)4-11-9-3-2-8(10)13-14-9/h2-3,5H,4H2,1H3,(H,11,14). The monoisotopic (exact) mass is 240 g/mol. The van der Waals surface area contributed by atoms with Crippen LogP contribution in [0.3, 0.4) is 0 Å². The van der Waals surface area contributed by atoms with Crippen LogP contribution in [0.1, 0.15) is 10.6 Å². The Morgan fingerprint density at radius 3 is 2.87 bits per heavy atom. The zero-order chi connectivity index (χ0) is 10.7. The Hall–Kier alpha value is -1.20. The van der Waals surface area contributed by atoms with Gasteiger partial charge >= 0.3 is 0 Å². The van der Waals surface area contributed by atoms with Crippen LogP contribution in [0, 0.1) is 6.92 Å². The zero-order valence-corrected chi connectivity index (χ0v) is 9.64. The van der Waals surface area contributed by atoms with Crippen LogP contribution in [-0.2, 0) is 6.54 Å². The Labute approximate surface area is 96.3 Å². The molecule has 6 heteroatoms. The summed E-state index contributed by atoms with van der Waals surface area (Å²) < 4.78 is 0.